The van der Waals surface area contributed by atoms with Gasteiger partial charge in [0.25, 0.3) is 0 Å². The molecule has 0 aliphatic carbocycles. The number of ether oxygens (including phenoxy) is 1. The van der Waals surface area contributed by atoms with Crippen LogP contribution in [0.5, 0.6) is 5.75 Å². The molecule has 2 aromatic rings. The summed E-state index contributed by atoms with van der Waals surface area (Å²) in [6, 6.07) is 12.2. The van der Waals surface area contributed by atoms with Crippen LogP contribution >= 0.6 is 23.2 Å². The van der Waals surface area contributed by atoms with Gasteiger partial charge in [-0.3, -0.25) is 4.79 Å². The topological polar surface area (TPSA) is 64.3 Å². The van der Waals surface area contributed by atoms with E-state index >= 15 is 0 Å². The minimum Gasteiger partial charge on any atom is -0.488 e. The lowest BCUT2D eigenvalue weighted by Gasteiger charge is -2.21. The minimum absolute atomic E-state index is 0.217. The Hall–Kier alpha value is -1.75. The highest BCUT2D eigenvalue weighted by molar-refractivity contribution is 6.42. The summed E-state index contributed by atoms with van der Waals surface area (Å²) in [5.41, 5.74) is 7.61. The van der Waals surface area contributed by atoms with Crippen LogP contribution in [0.25, 0.3) is 0 Å². The molecule has 0 aliphatic heterocycles. The lowest BCUT2D eigenvalue weighted by atomic mass is 10.1. The summed E-state index contributed by atoms with van der Waals surface area (Å²) >= 11 is 11.9. The van der Waals surface area contributed by atoms with Crippen molar-refractivity contribution in [2.75, 3.05) is 0 Å². The van der Waals surface area contributed by atoms with E-state index in [1.54, 1.807) is 12.1 Å². The van der Waals surface area contributed by atoms with E-state index in [1.807, 2.05) is 51.1 Å². The van der Waals surface area contributed by atoms with Gasteiger partial charge in [-0.05, 0) is 62.6 Å². The van der Waals surface area contributed by atoms with Gasteiger partial charge < -0.3 is 15.8 Å². The van der Waals surface area contributed by atoms with Crippen LogP contribution in [0.3, 0.4) is 0 Å². The molecule has 0 unspecified atom stereocenters. The molecule has 0 heterocycles. The first-order valence-corrected chi connectivity index (χ1v) is 9.15. The van der Waals surface area contributed by atoms with Gasteiger partial charge in [0.15, 0.2) is 0 Å². The van der Waals surface area contributed by atoms with Gasteiger partial charge in [0.1, 0.15) is 11.4 Å². The van der Waals surface area contributed by atoms with Crippen molar-refractivity contribution >= 4 is 29.1 Å². The fourth-order valence-corrected chi connectivity index (χ4v) is 2.68. The Morgan fingerprint density at radius 2 is 1.69 bits per heavy atom. The fraction of sp³-hybridized carbons (Fsp3) is 0.350. The maximum Gasteiger partial charge on any atom is 0.237 e. The number of carbonyl (C=O) groups is 1. The molecule has 2 rings (SSSR count). The standard InChI is InChI=1S/C20H24Cl2N2O2/c1-20(2,3)26-15-7-4-13(5-8-15)11-18(23)19(25)24-12-14-6-9-16(21)17(22)10-14/h4-10,18H,11-12,23H2,1-3H3,(H,24,25)/t18-/m1/s1. The number of hydrogen-bond donors (Lipinski definition) is 2. The number of benzene rings is 2. The number of halogens is 2. The number of carbonyl (C=O) groups excluding carboxylic acids is 1. The van der Waals surface area contributed by atoms with Crippen molar-refractivity contribution in [2.24, 2.45) is 5.73 Å². The number of hydrogen-bond acceptors (Lipinski definition) is 3. The van der Waals surface area contributed by atoms with Crippen molar-refractivity contribution in [2.45, 2.75) is 45.4 Å². The highest BCUT2D eigenvalue weighted by Crippen LogP contribution is 2.22. The first-order valence-electron chi connectivity index (χ1n) is 8.39. The van der Waals surface area contributed by atoms with Crippen molar-refractivity contribution in [1.82, 2.24) is 5.32 Å². The van der Waals surface area contributed by atoms with E-state index in [9.17, 15) is 4.79 Å². The molecule has 0 bridgehead atoms. The average molecular weight is 395 g/mol. The number of amides is 1. The van der Waals surface area contributed by atoms with Crippen molar-refractivity contribution in [3.8, 4) is 5.75 Å². The third-order valence-electron chi connectivity index (χ3n) is 3.59. The zero-order valence-electron chi connectivity index (χ0n) is 15.2. The molecule has 0 saturated heterocycles. The molecule has 4 nitrogen and oxygen atoms in total. The third kappa shape index (κ3) is 6.52. The van der Waals surface area contributed by atoms with Crippen molar-refractivity contribution in [3.63, 3.8) is 0 Å². The maximum atomic E-state index is 12.2. The first kappa shape index (κ1) is 20.6. The predicted octanol–water partition coefficient (Wildman–Crippen LogP) is 4.36. The zero-order chi connectivity index (χ0) is 19.3. The molecular weight excluding hydrogens is 371 g/mol. The van der Waals surface area contributed by atoms with Gasteiger partial charge >= 0.3 is 0 Å². The quantitative estimate of drug-likeness (QED) is 0.764. The summed E-state index contributed by atoms with van der Waals surface area (Å²) in [5, 5.41) is 3.76. The summed E-state index contributed by atoms with van der Waals surface area (Å²) in [6.45, 7) is 6.33. The van der Waals surface area contributed by atoms with E-state index in [4.69, 9.17) is 33.7 Å². The molecule has 0 saturated carbocycles. The molecule has 0 aromatic heterocycles. The van der Waals surface area contributed by atoms with Gasteiger partial charge in [-0.1, -0.05) is 41.4 Å². The number of nitrogens with one attached hydrogen (secondary N) is 1. The Morgan fingerprint density at radius 3 is 2.27 bits per heavy atom. The van der Waals surface area contributed by atoms with E-state index < -0.39 is 6.04 Å². The summed E-state index contributed by atoms with van der Waals surface area (Å²) < 4.78 is 5.78. The molecule has 6 heteroatoms. The van der Waals surface area contributed by atoms with Gasteiger partial charge in [-0.2, -0.15) is 0 Å². The fourth-order valence-electron chi connectivity index (χ4n) is 2.36. The van der Waals surface area contributed by atoms with Gasteiger partial charge in [0.05, 0.1) is 16.1 Å². The Labute approximate surface area is 164 Å². The third-order valence-corrected chi connectivity index (χ3v) is 4.33. The van der Waals surface area contributed by atoms with Crippen LogP contribution in [0.15, 0.2) is 42.5 Å². The molecule has 0 radical (unpaired) electrons. The Bertz CT molecular complexity index is 755. The van der Waals surface area contributed by atoms with Crippen LogP contribution in [-0.4, -0.2) is 17.6 Å². The van der Waals surface area contributed by atoms with E-state index in [0.29, 0.717) is 23.0 Å². The number of nitrogens with two attached hydrogens (primary N) is 1. The van der Waals surface area contributed by atoms with Gasteiger partial charge in [0, 0.05) is 6.54 Å². The molecule has 140 valence electrons. The Kier molecular flexibility index (Phi) is 6.93. The maximum absolute atomic E-state index is 12.2. The van der Waals surface area contributed by atoms with E-state index in [0.717, 1.165) is 16.9 Å². The lowest BCUT2D eigenvalue weighted by Crippen LogP contribution is -2.41. The molecule has 0 aliphatic rings. The van der Waals surface area contributed by atoms with Crippen LogP contribution in [0.2, 0.25) is 10.0 Å². The second-order valence-electron chi connectivity index (χ2n) is 7.14. The molecule has 0 fully saturated rings. The van der Waals surface area contributed by atoms with E-state index in [1.165, 1.54) is 0 Å². The van der Waals surface area contributed by atoms with Gasteiger partial charge in [-0.25, -0.2) is 0 Å². The molecule has 1 amide bonds. The Balaban J connectivity index is 1.87. The van der Waals surface area contributed by atoms with Crippen LogP contribution in [0, 0.1) is 0 Å². The van der Waals surface area contributed by atoms with Crippen molar-refractivity contribution < 1.29 is 9.53 Å². The lowest BCUT2D eigenvalue weighted by molar-refractivity contribution is -0.122. The normalized spacial score (nSPS) is 12.5. The van der Waals surface area contributed by atoms with Gasteiger partial charge in [0.2, 0.25) is 5.91 Å². The van der Waals surface area contributed by atoms with Gasteiger partial charge in [-0.15, -0.1) is 0 Å². The molecule has 0 spiro atoms. The first-order chi connectivity index (χ1) is 12.1. The van der Waals surface area contributed by atoms with Crippen LogP contribution in [0.4, 0.5) is 0 Å². The second kappa shape index (κ2) is 8.76. The van der Waals surface area contributed by atoms with E-state index in [-0.39, 0.29) is 11.5 Å². The molecule has 1 atom stereocenters. The molecule has 2 aromatic carbocycles. The zero-order valence-corrected chi connectivity index (χ0v) is 16.7. The minimum atomic E-state index is -0.632. The molecule has 3 N–H and O–H groups in total. The predicted molar refractivity (Wildman–Crippen MR) is 107 cm³/mol. The number of rotatable bonds is 6. The summed E-state index contributed by atoms with van der Waals surface area (Å²) in [5.74, 6) is 0.574. The van der Waals surface area contributed by atoms with Crippen LogP contribution in [0.1, 0.15) is 31.9 Å². The molecule has 26 heavy (non-hydrogen) atoms. The highest BCUT2D eigenvalue weighted by atomic mass is 35.5. The van der Waals surface area contributed by atoms with E-state index in [2.05, 4.69) is 5.32 Å². The molecular formula is C20H24Cl2N2O2. The monoisotopic (exact) mass is 394 g/mol. The summed E-state index contributed by atoms with van der Waals surface area (Å²) in [6.07, 6.45) is 0.447. The second-order valence-corrected chi connectivity index (χ2v) is 7.95. The Morgan fingerprint density at radius 1 is 1.08 bits per heavy atom. The highest BCUT2D eigenvalue weighted by Gasteiger charge is 2.15. The smallest absolute Gasteiger partial charge is 0.237 e. The summed E-state index contributed by atoms with van der Waals surface area (Å²) in [7, 11) is 0. The van der Waals surface area contributed by atoms with Crippen molar-refractivity contribution in [1.29, 1.82) is 0 Å². The van der Waals surface area contributed by atoms with Crippen molar-refractivity contribution in [3.05, 3.63) is 63.6 Å². The largest absolute Gasteiger partial charge is 0.488 e. The van der Waals surface area contributed by atoms with Crippen LogP contribution < -0.4 is 15.8 Å². The SMILES string of the molecule is CC(C)(C)Oc1ccc(C[C@@H](N)C(=O)NCc2ccc(Cl)c(Cl)c2)cc1. The van der Waals surface area contributed by atoms with Crippen LogP contribution in [-0.2, 0) is 17.8 Å². The average Bonchev–Trinajstić information content (AvgIpc) is 2.56. The summed E-state index contributed by atoms with van der Waals surface area (Å²) in [4.78, 5) is 12.2.